The Morgan fingerprint density at radius 1 is 1.21 bits per heavy atom. The molecule has 0 aliphatic heterocycles. The first-order valence-corrected chi connectivity index (χ1v) is 8.85. The van der Waals surface area contributed by atoms with Crippen LogP contribution in [0.2, 0.25) is 0 Å². The third-order valence-corrected chi connectivity index (χ3v) is 4.62. The molecular formula is C20H21N5O4. The lowest BCUT2D eigenvalue weighted by atomic mass is 10.1. The van der Waals surface area contributed by atoms with E-state index in [1.807, 2.05) is 0 Å². The largest absolute Gasteiger partial charge is 0.710 e. The summed E-state index contributed by atoms with van der Waals surface area (Å²) in [6.45, 7) is 0.142. The summed E-state index contributed by atoms with van der Waals surface area (Å²) in [7, 11) is 3.05. The van der Waals surface area contributed by atoms with Crippen LogP contribution in [0.3, 0.4) is 0 Å². The Labute approximate surface area is 166 Å². The van der Waals surface area contributed by atoms with Gasteiger partial charge in [-0.05, 0) is 24.3 Å². The van der Waals surface area contributed by atoms with E-state index in [4.69, 9.17) is 11.1 Å². The van der Waals surface area contributed by atoms with Gasteiger partial charge in [-0.1, -0.05) is 12.1 Å². The van der Waals surface area contributed by atoms with Crippen molar-refractivity contribution in [2.75, 3.05) is 13.7 Å². The van der Waals surface area contributed by atoms with Gasteiger partial charge >= 0.3 is 5.97 Å². The first-order chi connectivity index (χ1) is 13.8. The van der Waals surface area contributed by atoms with E-state index in [-0.39, 0.29) is 24.7 Å². The molecule has 0 saturated heterocycles. The maximum Gasteiger partial charge on any atom is 0.307 e. The van der Waals surface area contributed by atoms with E-state index in [1.165, 1.54) is 13.2 Å². The Morgan fingerprint density at radius 3 is 2.48 bits per heavy atom. The summed E-state index contributed by atoms with van der Waals surface area (Å²) in [5.41, 5.74) is 8.03. The van der Waals surface area contributed by atoms with Crippen molar-refractivity contribution < 1.29 is 19.1 Å². The van der Waals surface area contributed by atoms with Crippen LogP contribution in [0.5, 0.6) is 0 Å². The number of fused-ring (bicyclic) bond motifs is 1. The standard InChI is InChI=1S/C20H21N5O4/c1-24-15-8-7-14(19(27)23-10-9-17(26)29-2)11-16(15)25(28)20(24)13-5-3-12(4-6-13)18(21)22/h3-8,11H,9-10H2,1-2H3,(H3,21,22)(H,23,27). The molecule has 0 atom stereocenters. The number of hydrogen-bond donors (Lipinski definition) is 3. The molecule has 1 heterocycles. The van der Waals surface area contributed by atoms with Crippen molar-refractivity contribution in [3.63, 3.8) is 0 Å². The molecule has 9 nitrogen and oxygen atoms in total. The number of carbonyl (C=O) groups is 2. The minimum absolute atomic E-state index is 0.0496. The Bertz CT molecular complexity index is 1100. The van der Waals surface area contributed by atoms with Crippen LogP contribution in [0.15, 0.2) is 42.5 Å². The smallest absolute Gasteiger partial charge is 0.307 e. The molecule has 150 valence electrons. The number of rotatable bonds is 6. The van der Waals surface area contributed by atoms with Gasteiger partial charge in [0.2, 0.25) is 0 Å². The van der Waals surface area contributed by atoms with Gasteiger partial charge in [-0.2, -0.15) is 0 Å². The molecule has 0 saturated carbocycles. The molecule has 2 aromatic carbocycles. The zero-order valence-electron chi connectivity index (χ0n) is 16.1. The van der Waals surface area contributed by atoms with Crippen LogP contribution in [-0.4, -0.2) is 35.9 Å². The van der Waals surface area contributed by atoms with E-state index in [0.717, 1.165) is 4.73 Å². The summed E-state index contributed by atoms with van der Waals surface area (Å²) in [6.07, 6.45) is 0.0672. The summed E-state index contributed by atoms with van der Waals surface area (Å²) < 4.78 is 7.04. The van der Waals surface area contributed by atoms with Gasteiger partial charge in [-0.3, -0.25) is 15.0 Å². The number of nitrogens with two attached hydrogens (primary N) is 1. The maximum atomic E-state index is 12.9. The van der Waals surface area contributed by atoms with Crippen molar-refractivity contribution in [3.05, 3.63) is 58.8 Å². The lowest BCUT2D eigenvalue weighted by Gasteiger charge is -2.06. The predicted molar refractivity (Wildman–Crippen MR) is 107 cm³/mol. The van der Waals surface area contributed by atoms with Crippen LogP contribution in [0.1, 0.15) is 22.3 Å². The number of hydrogen-bond acceptors (Lipinski definition) is 5. The number of methoxy groups -OCH3 is 1. The number of amidine groups is 1. The summed E-state index contributed by atoms with van der Waals surface area (Å²) >= 11 is 0. The molecule has 0 bridgehead atoms. The van der Waals surface area contributed by atoms with E-state index in [2.05, 4.69) is 10.1 Å². The quantitative estimate of drug-likeness (QED) is 0.188. The summed E-state index contributed by atoms with van der Waals surface area (Å²) in [4.78, 5) is 23.5. The van der Waals surface area contributed by atoms with Crippen molar-refractivity contribution in [2.45, 2.75) is 6.42 Å². The lowest BCUT2D eigenvalue weighted by Crippen LogP contribution is -2.29. The van der Waals surface area contributed by atoms with Crippen molar-refractivity contribution in [1.29, 1.82) is 5.41 Å². The van der Waals surface area contributed by atoms with E-state index in [1.54, 1.807) is 48.0 Å². The highest BCUT2D eigenvalue weighted by Gasteiger charge is 2.22. The van der Waals surface area contributed by atoms with Crippen LogP contribution in [0, 0.1) is 10.6 Å². The van der Waals surface area contributed by atoms with E-state index < -0.39 is 5.97 Å². The van der Waals surface area contributed by atoms with Gasteiger partial charge in [0.15, 0.2) is 11.0 Å². The van der Waals surface area contributed by atoms with Gasteiger partial charge in [0, 0.05) is 23.7 Å². The van der Waals surface area contributed by atoms with Gasteiger partial charge in [-0.15, -0.1) is 0 Å². The van der Waals surface area contributed by atoms with Crippen molar-refractivity contribution in [1.82, 2.24) is 9.88 Å². The second-order valence-corrected chi connectivity index (χ2v) is 6.45. The molecule has 0 aliphatic rings. The van der Waals surface area contributed by atoms with Crippen LogP contribution in [0.25, 0.3) is 22.4 Å². The van der Waals surface area contributed by atoms with E-state index in [9.17, 15) is 14.8 Å². The summed E-state index contributed by atoms with van der Waals surface area (Å²) in [6, 6.07) is 11.6. The molecule has 4 N–H and O–H groups in total. The molecule has 3 rings (SSSR count). The highest BCUT2D eigenvalue weighted by Crippen LogP contribution is 2.23. The van der Waals surface area contributed by atoms with Crippen LogP contribution in [0.4, 0.5) is 0 Å². The SMILES string of the molecule is COC(=O)CCNC(=O)c1ccc2c(c1)[n+]([O-])c(-c1ccc(C(=N)N)cc1)n2C. The Hall–Kier alpha value is -3.88. The first kappa shape index (κ1) is 19.9. The topological polar surface area (TPSA) is 137 Å². The Kier molecular flexibility index (Phi) is 5.49. The van der Waals surface area contributed by atoms with Crippen LogP contribution in [-0.2, 0) is 16.6 Å². The average Bonchev–Trinajstić information content (AvgIpc) is 2.97. The minimum Gasteiger partial charge on any atom is -0.710 e. The molecule has 0 fully saturated rings. The molecule has 9 heteroatoms. The zero-order valence-corrected chi connectivity index (χ0v) is 16.1. The van der Waals surface area contributed by atoms with Crippen LogP contribution < -0.4 is 15.8 Å². The van der Waals surface area contributed by atoms with Gasteiger partial charge < -0.3 is 21.0 Å². The number of nitrogens with one attached hydrogen (secondary N) is 2. The molecule has 0 radical (unpaired) electrons. The number of nitrogens with zero attached hydrogens (tertiary/aromatic N) is 2. The second-order valence-electron chi connectivity index (χ2n) is 6.45. The third kappa shape index (κ3) is 3.88. The fraction of sp³-hybridized carbons (Fsp3) is 0.200. The number of amides is 1. The fourth-order valence-corrected chi connectivity index (χ4v) is 3.07. The number of imidazole rings is 1. The summed E-state index contributed by atoms with van der Waals surface area (Å²) in [5, 5.41) is 23.0. The van der Waals surface area contributed by atoms with Gasteiger partial charge in [0.05, 0.1) is 26.1 Å². The minimum atomic E-state index is -0.415. The number of carbonyl (C=O) groups excluding carboxylic acids is 2. The van der Waals surface area contributed by atoms with E-state index >= 15 is 0 Å². The monoisotopic (exact) mass is 395 g/mol. The number of aromatic nitrogens is 2. The van der Waals surface area contributed by atoms with Crippen molar-refractivity contribution in [3.8, 4) is 11.4 Å². The normalized spacial score (nSPS) is 10.7. The number of esters is 1. The van der Waals surface area contributed by atoms with Gasteiger partial charge in [0.1, 0.15) is 5.84 Å². The van der Waals surface area contributed by atoms with E-state index in [0.29, 0.717) is 33.5 Å². The Balaban J connectivity index is 1.92. The summed E-state index contributed by atoms with van der Waals surface area (Å²) in [5.74, 6) is -0.446. The molecular weight excluding hydrogens is 374 g/mol. The molecule has 29 heavy (non-hydrogen) atoms. The third-order valence-electron chi connectivity index (χ3n) is 4.62. The lowest BCUT2D eigenvalue weighted by molar-refractivity contribution is -0.565. The second kappa shape index (κ2) is 8.01. The highest BCUT2D eigenvalue weighted by molar-refractivity contribution is 5.97. The molecule has 0 spiro atoms. The predicted octanol–water partition coefficient (Wildman–Crippen LogP) is 1.06. The number of ether oxygens (including phenoxy) is 1. The van der Waals surface area contributed by atoms with Crippen molar-refractivity contribution >= 4 is 28.7 Å². The van der Waals surface area contributed by atoms with Crippen LogP contribution >= 0.6 is 0 Å². The molecule has 1 aromatic heterocycles. The molecule has 1 amide bonds. The molecule has 0 aliphatic carbocycles. The molecule has 0 unspecified atom stereocenters. The highest BCUT2D eigenvalue weighted by atomic mass is 16.5. The first-order valence-electron chi connectivity index (χ1n) is 8.85. The average molecular weight is 395 g/mol. The maximum absolute atomic E-state index is 12.9. The van der Waals surface area contributed by atoms with Gasteiger partial charge in [0.25, 0.3) is 11.7 Å². The van der Waals surface area contributed by atoms with Gasteiger partial charge in [-0.25, -0.2) is 9.30 Å². The number of benzene rings is 2. The number of aryl methyl sites for hydroxylation is 1. The Morgan fingerprint density at radius 2 is 1.86 bits per heavy atom. The molecule has 3 aromatic rings. The van der Waals surface area contributed by atoms with Crippen molar-refractivity contribution in [2.24, 2.45) is 12.8 Å². The zero-order chi connectivity index (χ0) is 21.1. The fourth-order valence-electron chi connectivity index (χ4n) is 3.07. The number of nitrogen functional groups attached to an aromatic ring is 1.